The molecule has 0 radical (unpaired) electrons. The van der Waals surface area contributed by atoms with E-state index in [0.717, 1.165) is 18.0 Å². The van der Waals surface area contributed by atoms with E-state index < -0.39 is 0 Å². The Hall–Kier alpha value is -0.890. The van der Waals surface area contributed by atoms with Crippen molar-refractivity contribution < 1.29 is 5.11 Å². The van der Waals surface area contributed by atoms with Crippen molar-refractivity contribution >= 4 is 0 Å². The molecule has 0 bridgehead atoms. The Kier molecular flexibility index (Phi) is 3.94. The SMILES string of the molecule is Cc1cccnc1CC(O)CC1CCCC1. The molecular formula is C14H21NO. The number of aliphatic hydroxyl groups is 1. The molecule has 1 atom stereocenters. The molecule has 0 amide bonds. The lowest BCUT2D eigenvalue weighted by molar-refractivity contribution is 0.142. The maximum absolute atomic E-state index is 10.0. The van der Waals surface area contributed by atoms with Crippen LogP contribution in [-0.2, 0) is 6.42 Å². The van der Waals surface area contributed by atoms with Crippen LogP contribution < -0.4 is 0 Å². The molecule has 0 saturated heterocycles. The zero-order valence-electron chi connectivity index (χ0n) is 10.0. The summed E-state index contributed by atoms with van der Waals surface area (Å²) in [5.41, 5.74) is 2.24. The molecule has 1 heterocycles. The Morgan fingerprint density at radius 2 is 2.19 bits per heavy atom. The highest BCUT2D eigenvalue weighted by atomic mass is 16.3. The van der Waals surface area contributed by atoms with Gasteiger partial charge in [0.05, 0.1) is 6.10 Å². The minimum atomic E-state index is -0.211. The molecule has 16 heavy (non-hydrogen) atoms. The van der Waals surface area contributed by atoms with Gasteiger partial charge in [-0.1, -0.05) is 31.7 Å². The summed E-state index contributed by atoms with van der Waals surface area (Å²) >= 11 is 0. The Morgan fingerprint density at radius 1 is 1.44 bits per heavy atom. The van der Waals surface area contributed by atoms with Crippen molar-refractivity contribution in [2.24, 2.45) is 5.92 Å². The van der Waals surface area contributed by atoms with Crippen LogP contribution in [0.15, 0.2) is 18.3 Å². The minimum Gasteiger partial charge on any atom is -0.393 e. The number of rotatable bonds is 4. The van der Waals surface area contributed by atoms with Gasteiger partial charge >= 0.3 is 0 Å². The Balaban J connectivity index is 1.86. The van der Waals surface area contributed by atoms with Crippen molar-refractivity contribution in [1.82, 2.24) is 4.98 Å². The number of nitrogens with zero attached hydrogens (tertiary/aromatic N) is 1. The van der Waals surface area contributed by atoms with Gasteiger partial charge in [0, 0.05) is 18.3 Å². The second-order valence-electron chi connectivity index (χ2n) is 5.01. The summed E-state index contributed by atoms with van der Waals surface area (Å²) in [6, 6.07) is 4.01. The maximum Gasteiger partial charge on any atom is 0.0598 e. The summed E-state index contributed by atoms with van der Waals surface area (Å²) in [6.07, 6.45) is 8.57. The highest BCUT2D eigenvalue weighted by Gasteiger charge is 2.19. The third kappa shape index (κ3) is 3.05. The molecule has 1 aromatic rings. The first kappa shape index (κ1) is 11.6. The lowest BCUT2D eigenvalue weighted by atomic mass is 9.96. The van der Waals surface area contributed by atoms with E-state index in [-0.39, 0.29) is 6.10 Å². The predicted molar refractivity (Wildman–Crippen MR) is 65.3 cm³/mol. The fourth-order valence-electron chi connectivity index (χ4n) is 2.67. The van der Waals surface area contributed by atoms with Crippen LogP contribution in [0.5, 0.6) is 0 Å². The van der Waals surface area contributed by atoms with Crippen molar-refractivity contribution in [2.45, 2.75) is 51.6 Å². The van der Waals surface area contributed by atoms with Gasteiger partial charge in [-0.25, -0.2) is 0 Å². The fourth-order valence-corrected chi connectivity index (χ4v) is 2.67. The van der Waals surface area contributed by atoms with E-state index in [2.05, 4.69) is 18.0 Å². The Bertz CT molecular complexity index is 331. The lowest BCUT2D eigenvalue weighted by Crippen LogP contribution is -2.16. The number of pyridine rings is 1. The Morgan fingerprint density at radius 3 is 2.88 bits per heavy atom. The third-order valence-electron chi connectivity index (χ3n) is 3.63. The number of hydrogen-bond acceptors (Lipinski definition) is 2. The maximum atomic E-state index is 10.0. The first-order valence-electron chi connectivity index (χ1n) is 6.34. The van der Waals surface area contributed by atoms with Crippen molar-refractivity contribution in [3.05, 3.63) is 29.6 Å². The van der Waals surface area contributed by atoms with Gasteiger partial charge in [0.1, 0.15) is 0 Å². The van der Waals surface area contributed by atoms with E-state index in [9.17, 15) is 5.11 Å². The monoisotopic (exact) mass is 219 g/mol. The van der Waals surface area contributed by atoms with Gasteiger partial charge in [-0.15, -0.1) is 0 Å². The van der Waals surface area contributed by atoms with E-state index >= 15 is 0 Å². The highest BCUT2D eigenvalue weighted by molar-refractivity contribution is 5.18. The van der Waals surface area contributed by atoms with Crippen LogP contribution >= 0.6 is 0 Å². The molecule has 2 heteroatoms. The van der Waals surface area contributed by atoms with Gasteiger partial charge in [-0.3, -0.25) is 4.98 Å². The largest absolute Gasteiger partial charge is 0.393 e. The van der Waals surface area contributed by atoms with E-state index in [1.54, 1.807) is 0 Å². The quantitative estimate of drug-likeness (QED) is 0.844. The highest BCUT2D eigenvalue weighted by Crippen LogP contribution is 2.29. The van der Waals surface area contributed by atoms with E-state index in [4.69, 9.17) is 0 Å². The molecule has 1 aliphatic rings. The molecule has 2 rings (SSSR count). The van der Waals surface area contributed by atoms with Crippen LogP contribution in [0.3, 0.4) is 0 Å². The zero-order chi connectivity index (χ0) is 11.4. The predicted octanol–water partition coefficient (Wildman–Crippen LogP) is 2.87. The van der Waals surface area contributed by atoms with Crippen molar-refractivity contribution in [3.8, 4) is 0 Å². The summed E-state index contributed by atoms with van der Waals surface area (Å²) in [4.78, 5) is 4.33. The van der Waals surface area contributed by atoms with Gasteiger partial charge in [-0.05, 0) is 30.9 Å². The molecule has 1 N–H and O–H groups in total. The van der Waals surface area contributed by atoms with Gasteiger partial charge < -0.3 is 5.11 Å². The summed E-state index contributed by atoms with van der Waals surface area (Å²) in [5.74, 6) is 0.749. The van der Waals surface area contributed by atoms with Gasteiger partial charge in [0.25, 0.3) is 0 Å². The smallest absolute Gasteiger partial charge is 0.0598 e. The second kappa shape index (κ2) is 5.44. The zero-order valence-corrected chi connectivity index (χ0v) is 10.0. The van der Waals surface area contributed by atoms with Crippen molar-refractivity contribution in [3.63, 3.8) is 0 Å². The second-order valence-corrected chi connectivity index (χ2v) is 5.01. The number of hydrogen-bond donors (Lipinski definition) is 1. The molecule has 1 saturated carbocycles. The number of aliphatic hydroxyl groups excluding tert-OH is 1. The molecule has 1 unspecified atom stereocenters. The molecule has 88 valence electrons. The summed E-state index contributed by atoms with van der Waals surface area (Å²) < 4.78 is 0. The summed E-state index contributed by atoms with van der Waals surface area (Å²) in [5, 5.41) is 10.0. The van der Waals surface area contributed by atoms with Crippen molar-refractivity contribution in [2.75, 3.05) is 0 Å². The average molecular weight is 219 g/mol. The molecule has 1 aromatic heterocycles. The van der Waals surface area contributed by atoms with Gasteiger partial charge in [-0.2, -0.15) is 0 Å². The fraction of sp³-hybridized carbons (Fsp3) is 0.643. The molecule has 2 nitrogen and oxygen atoms in total. The standard InChI is InChI=1S/C14H21NO/c1-11-5-4-8-15-14(11)10-13(16)9-12-6-2-3-7-12/h4-5,8,12-13,16H,2-3,6-7,9-10H2,1H3. The molecule has 1 fully saturated rings. The molecule has 0 spiro atoms. The van der Waals surface area contributed by atoms with E-state index in [1.807, 2.05) is 12.3 Å². The summed E-state index contributed by atoms with van der Waals surface area (Å²) in [6.45, 7) is 2.06. The van der Waals surface area contributed by atoms with Crippen molar-refractivity contribution in [1.29, 1.82) is 0 Å². The van der Waals surface area contributed by atoms with Gasteiger partial charge in [0.2, 0.25) is 0 Å². The first-order chi connectivity index (χ1) is 7.75. The van der Waals surface area contributed by atoms with Crippen LogP contribution in [0.4, 0.5) is 0 Å². The summed E-state index contributed by atoms with van der Waals surface area (Å²) in [7, 11) is 0. The van der Waals surface area contributed by atoms with Gasteiger partial charge in [0.15, 0.2) is 0 Å². The average Bonchev–Trinajstić information content (AvgIpc) is 2.74. The molecule has 0 aliphatic heterocycles. The Labute approximate surface area is 97.7 Å². The third-order valence-corrected chi connectivity index (χ3v) is 3.63. The van der Waals surface area contributed by atoms with Crippen LogP contribution in [-0.4, -0.2) is 16.2 Å². The normalized spacial score (nSPS) is 18.9. The molecule has 0 aromatic carbocycles. The van der Waals surface area contributed by atoms with Crippen LogP contribution in [0.25, 0.3) is 0 Å². The minimum absolute atomic E-state index is 0.211. The van der Waals surface area contributed by atoms with Crippen LogP contribution in [0.2, 0.25) is 0 Å². The molecule has 1 aliphatic carbocycles. The van der Waals surface area contributed by atoms with Crippen LogP contribution in [0.1, 0.15) is 43.4 Å². The topological polar surface area (TPSA) is 33.1 Å². The first-order valence-corrected chi connectivity index (χ1v) is 6.34. The van der Waals surface area contributed by atoms with E-state index in [0.29, 0.717) is 6.42 Å². The van der Waals surface area contributed by atoms with Crippen LogP contribution in [0, 0.1) is 12.8 Å². The lowest BCUT2D eigenvalue weighted by Gasteiger charge is -2.15. The number of aryl methyl sites for hydroxylation is 1. The molecular weight excluding hydrogens is 198 g/mol. The number of aromatic nitrogens is 1. The van der Waals surface area contributed by atoms with E-state index in [1.165, 1.54) is 31.2 Å².